The average Bonchev–Trinajstić information content (AvgIpc) is 2.60. The van der Waals surface area contributed by atoms with Gasteiger partial charge >= 0.3 is 9.28 Å². The van der Waals surface area contributed by atoms with E-state index in [-0.39, 0.29) is 33.9 Å². The Morgan fingerprint density at radius 2 is 1.30 bits per heavy atom. The van der Waals surface area contributed by atoms with Crippen molar-refractivity contribution in [2.45, 2.75) is 97.8 Å². The Balaban J connectivity index is 0. The van der Waals surface area contributed by atoms with Crippen LogP contribution in [-0.4, -0.2) is 70.6 Å². The Bertz CT molecular complexity index is 275. The van der Waals surface area contributed by atoms with Gasteiger partial charge < -0.3 is 27.8 Å². The Morgan fingerprint density at radius 3 is 1.63 bits per heavy atom. The number of ether oxygens (including phenoxy) is 4. The van der Waals surface area contributed by atoms with Gasteiger partial charge in [-0.25, -0.2) is 0 Å². The molecule has 0 aromatic carbocycles. The highest BCUT2D eigenvalue weighted by atomic mass is 28.3. The van der Waals surface area contributed by atoms with E-state index < -0.39 is 9.28 Å². The summed E-state index contributed by atoms with van der Waals surface area (Å²) in [5, 5.41) is 0. The van der Waals surface area contributed by atoms with Gasteiger partial charge in [-0.3, -0.25) is 0 Å². The van der Waals surface area contributed by atoms with Crippen LogP contribution in [0.15, 0.2) is 0 Å². The first-order valence-electron chi connectivity index (χ1n) is 10.4. The van der Waals surface area contributed by atoms with Crippen molar-refractivity contribution in [3.63, 3.8) is 0 Å². The van der Waals surface area contributed by atoms with Gasteiger partial charge in [-0.1, -0.05) is 19.4 Å². The Labute approximate surface area is 172 Å². The van der Waals surface area contributed by atoms with Crippen molar-refractivity contribution < 1.29 is 27.8 Å². The molecule has 0 aromatic rings. The first-order chi connectivity index (χ1) is 12.8. The second-order valence-corrected chi connectivity index (χ2v) is 11.1. The molecule has 27 heavy (non-hydrogen) atoms. The van der Waals surface area contributed by atoms with E-state index in [2.05, 4.69) is 34.6 Å². The lowest BCUT2D eigenvalue weighted by Gasteiger charge is -2.22. The quantitative estimate of drug-likeness (QED) is 0.278. The summed E-state index contributed by atoms with van der Waals surface area (Å²) in [6.07, 6.45) is 2.57. The SMILES string of the molecule is CCC[SiH2]C(OC(C)C)OC(C)C.CCOC(CC[SiH](OC)OC)OCC. The van der Waals surface area contributed by atoms with Gasteiger partial charge in [-0.2, -0.15) is 0 Å². The summed E-state index contributed by atoms with van der Waals surface area (Å²) >= 11 is 0. The molecule has 0 bridgehead atoms. The molecule has 6 nitrogen and oxygen atoms in total. The molecule has 0 saturated carbocycles. The van der Waals surface area contributed by atoms with E-state index in [1.807, 2.05) is 13.8 Å². The Hall–Kier alpha value is 0.194. The van der Waals surface area contributed by atoms with Crippen molar-refractivity contribution >= 4 is 18.8 Å². The summed E-state index contributed by atoms with van der Waals surface area (Å²) in [7, 11) is 1.72. The number of hydrogen-bond donors (Lipinski definition) is 0. The molecule has 0 unspecified atom stereocenters. The fourth-order valence-electron chi connectivity index (χ4n) is 2.34. The molecule has 0 fully saturated rings. The first-order valence-corrected chi connectivity index (χ1v) is 14.0. The topological polar surface area (TPSA) is 55.4 Å². The lowest BCUT2D eigenvalue weighted by atomic mass is 10.4. The zero-order valence-electron chi connectivity index (χ0n) is 19.3. The van der Waals surface area contributed by atoms with E-state index in [0.717, 1.165) is 12.5 Å². The van der Waals surface area contributed by atoms with Crippen LogP contribution in [0.5, 0.6) is 0 Å². The predicted molar refractivity (Wildman–Crippen MR) is 118 cm³/mol. The predicted octanol–water partition coefficient (Wildman–Crippen LogP) is 3.41. The van der Waals surface area contributed by atoms with E-state index in [0.29, 0.717) is 13.2 Å². The van der Waals surface area contributed by atoms with Crippen LogP contribution >= 0.6 is 0 Å². The second kappa shape index (κ2) is 20.9. The molecule has 0 N–H and O–H groups in total. The van der Waals surface area contributed by atoms with Crippen molar-refractivity contribution in [2.75, 3.05) is 27.4 Å². The van der Waals surface area contributed by atoms with E-state index in [4.69, 9.17) is 27.8 Å². The minimum atomic E-state index is -1.46. The minimum Gasteiger partial charge on any atom is -0.400 e. The van der Waals surface area contributed by atoms with Crippen LogP contribution in [0, 0.1) is 0 Å². The summed E-state index contributed by atoms with van der Waals surface area (Å²) in [6.45, 7) is 15.8. The molecule has 166 valence electrons. The molecule has 0 saturated heterocycles. The van der Waals surface area contributed by atoms with Gasteiger partial charge in [0.1, 0.15) is 5.91 Å². The van der Waals surface area contributed by atoms with Crippen LogP contribution in [0.3, 0.4) is 0 Å². The van der Waals surface area contributed by atoms with E-state index in [1.165, 1.54) is 12.5 Å². The molecule has 0 aromatic heterocycles. The van der Waals surface area contributed by atoms with Gasteiger partial charge in [-0.05, 0) is 47.6 Å². The van der Waals surface area contributed by atoms with E-state index >= 15 is 0 Å². The highest BCUT2D eigenvalue weighted by Crippen LogP contribution is 2.08. The monoisotopic (exact) mass is 426 g/mol. The third-order valence-corrected chi connectivity index (χ3v) is 7.34. The van der Waals surface area contributed by atoms with Crippen LogP contribution in [0.25, 0.3) is 0 Å². The Kier molecular flexibility index (Phi) is 22.8. The van der Waals surface area contributed by atoms with E-state index in [1.54, 1.807) is 14.2 Å². The van der Waals surface area contributed by atoms with Crippen molar-refractivity contribution in [3.8, 4) is 0 Å². The Morgan fingerprint density at radius 1 is 0.815 bits per heavy atom. The maximum absolute atomic E-state index is 5.70. The number of hydrogen-bond acceptors (Lipinski definition) is 6. The van der Waals surface area contributed by atoms with Crippen molar-refractivity contribution in [2.24, 2.45) is 0 Å². The van der Waals surface area contributed by atoms with Crippen molar-refractivity contribution in [1.29, 1.82) is 0 Å². The standard InChI is InChI=1S/C10H24O2Si.C9H22O4Si/c1-6-7-13-10(11-8(2)3)12-9(4)5;1-5-12-9(13-6-2)7-8-14(10-3)11-4/h8-10H,6-7,13H2,1-5H3;9,14H,5-8H2,1-4H3. The molecular formula is C19H46O6Si2. The van der Waals surface area contributed by atoms with Gasteiger partial charge in [-0.15, -0.1) is 0 Å². The summed E-state index contributed by atoms with van der Waals surface area (Å²) in [4.78, 5) is 0. The largest absolute Gasteiger partial charge is 0.400 e. The number of rotatable bonds is 16. The molecule has 0 amide bonds. The molecule has 0 spiro atoms. The van der Waals surface area contributed by atoms with Gasteiger partial charge in [0.05, 0.1) is 21.7 Å². The van der Waals surface area contributed by atoms with Gasteiger partial charge in [0.15, 0.2) is 6.29 Å². The molecular weight excluding hydrogens is 380 g/mol. The van der Waals surface area contributed by atoms with Gasteiger partial charge in [0.25, 0.3) is 0 Å². The van der Waals surface area contributed by atoms with Crippen LogP contribution in [0.1, 0.15) is 61.3 Å². The van der Waals surface area contributed by atoms with Gasteiger partial charge in [0.2, 0.25) is 0 Å². The normalized spacial score (nSPS) is 12.2. The van der Waals surface area contributed by atoms with Crippen LogP contribution < -0.4 is 0 Å². The lowest BCUT2D eigenvalue weighted by Crippen LogP contribution is -2.30. The summed E-state index contributed by atoms with van der Waals surface area (Å²) in [6, 6.07) is 2.22. The smallest absolute Gasteiger partial charge is 0.321 e. The molecule has 0 radical (unpaired) electrons. The molecule has 0 rings (SSSR count). The molecule has 0 heterocycles. The van der Waals surface area contributed by atoms with Gasteiger partial charge in [0, 0.05) is 33.9 Å². The van der Waals surface area contributed by atoms with Crippen LogP contribution in [0.2, 0.25) is 12.1 Å². The summed E-state index contributed by atoms with van der Waals surface area (Å²) in [5.74, 6) is 0.125. The molecule has 0 aliphatic heterocycles. The molecule has 0 atom stereocenters. The highest BCUT2D eigenvalue weighted by Gasteiger charge is 2.15. The summed E-state index contributed by atoms with van der Waals surface area (Å²) < 4.78 is 32.7. The van der Waals surface area contributed by atoms with Crippen molar-refractivity contribution in [1.82, 2.24) is 0 Å². The second-order valence-electron chi connectivity index (χ2n) is 6.76. The zero-order chi connectivity index (χ0) is 21.1. The van der Waals surface area contributed by atoms with E-state index in [9.17, 15) is 0 Å². The minimum absolute atomic E-state index is 0.106. The first kappa shape index (κ1) is 29.4. The maximum atomic E-state index is 5.70. The lowest BCUT2D eigenvalue weighted by molar-refractivity contribution is -0.137. The third kappa shape index (κ3) is 20.7. The molecule has 0 aliphatic carbocycles. The highest BCUT2D eigenvalue weighted by molar-refractivity contribution is 6.44. The zero-order valence-corrected chi connectivity index (χ0v) is 21.9. The van der Waals surface area contributed by atoms with Crippen LogP contribution in [-0.2, 0) is 27.8 Å². The summed E-state index contributed by atoms with van der Waals surface area (Å²) in [5.41, 5.74) is 0. The van der Waals surface area contributed by atoms with Crippen LogP contribution in [0.4, 0.5) is 0 Å². The maximum Gasteiger partial charge on any atom is 0.321 e. The molecule has 0 aliphatic rings. The fourth-order valence-corrected chi connectivity index (χ4v) is 5.33. The average molecular weight is 427 g/mol. The third-order valence-electron chi connectivity index (χ3n) is 3.51. The fraction of sp³-hybridized carbons (Fsp3) is 1.00. The van der Waals surface area contributed by atoms with Crippen molar-refractivity contribution in [3.05, 3.63) is 0 Å². The molecule has 8 heteroatoms.